The number of rotatable bonds is 0. The Kier molecular flexibility index (Phi) is 2.54. The Morgan fingerprint density at radius 2 is 2.17 bits per heavy atom. The molecule has 2 aliphatic heterocycles. The van der Waals surface area contributed by atoms with Crippen LogP contribution in [0.4, 0.5) is 0 Å². The summed E-state index contributed by atoms with van der Waals surface area (Å²) >= 11 is 0. The summed E-state index contributed by atoms with van der Waals surface area (Å²) in [4.78, 5) is 12.2. The highest BCUT2D eigenvalue weighted by molar-refractivity contribution is 5.97. The molecule has 2 heterocycles. The van der Waals surface area contributed by atoms with Crippen LogP contribution in [0, 0.1) is 11.3 Å². The molecule has 1 N–H and O–H groups in total. The van der Waals surface area contributed by atoms with Gasteiger partial charge in [0.2, 0.25) is 0 Å². The van der Waals surface area contributed by atoms with E-state index in [2.05, 4.69) is 25.2 Å². The number of hydrogen-bond acceptors (Lipinski definition) is 3. The molecular weight excluding hydrogens is 226 g/mol. The first-order valence-electron chi connectivity index (χ1n) is 6.80. The van der Waals surface area contributed by atoms with Crippen LogP contribution >= 0.6 is 0 Å². The van der Waals surface area contributed by atoms with Gasteiger partial charge in [-0.15, -0.1) is 0 Å². The minimum atomic E-state index is 0.0652. The van der Waals surface area contributed by atoms with Crippen LogP contribution in [0.15, 0.2) is 23.1 Å². The molecule has 3 rings (SSSR count). The fourth-order valence-corrected chi connectivity index (χ4v) is 3.29. The van der Waals surface area contributed by atoms with E-state index in [0.29, 0.717) is 18.1 Å². The fraction of sp³-hybridized carbons (Fsp3) is 0.667. The highest BCUT2D eigenvalue weighted by Gasteiger charge is 2.40. The highest BCUT2D eigenvalue weighted by atomic mass is 16.5. The van der Waals surface area contributed by atoms with Crippen molar-refractivity contribution in [2.45, 2.75) is 52.7 Å². The van der Waals surface area contributed by atoms with E-state index in [9.17, 15) is 4.79 Å². The maximum Gasteiger partial charge on any atom is 0.172 e. The van der Waals surface area contributed by atoms with Gasteiger partial charge in [0.05, 0.1) is 5.76 Å². The molecule has 2 unspecified atom stereocenters. The second kappa shape index (κ2) is 3.87. The van der Waals surface area contributed by atoms with Gasteiger partial charge in [-0.25, -0.2) is 0 Å². The average Bonchev–Trinajstić information content (AvgIpc) is 2.25. The Labute approximate surface area is 108 Å². The molecule has 0 aromatic heterocycles. The van der Waals surface area contributed by atoms with Crippen molar-refractivity contribution in [2.75, 3.05) is 0 Å². The van der Waals surface area contributed by atoms with E-state index in [-0.39, 0.29) is 11.6 Å². The van der Waals surface area contributed by atoms with Crippen LogP contribution in [-0.2, 0) is 9.53 Å². The molecule has 2 atom stereocenters. The maximum atomic E-state index is 12.2. The summed E-state index contributed by atoms with van der Waals surface area (Å²) in [6.07, 6.45) is 5.73. The van der Waals surface area contributed by atoms with E-state index in [1.165, 1.54) is 0 Å². The molecule has 0 bridgehead atoms. The third-order valence-corrected chi connectivity index (χ3v) is 4.23. The van der Waals surface area contributed by atoms with Gasteiger partial charge in [0, 0.05) is 23.6 Å². The van der Waals surface area contributed by atoms with Crippen LogP contribution < -0.4 is 5.32 Å². The van der Waals surface area contributed by atoms with Gasteiger partial charge in [-0.1, -0.05) is 13.8 Å². The monoisotopic (exact) mass is 247 g/mol. The molecule has 0 saturated carbocycles. The second-order valence-corrected chi connectivity index (χ2v) is 6.60. The summed E-state index contributed by atoms with van der Waals surface area (Å²) in [5.74, 6) is 1.74. The molecule has 3 aliphatic rings. The van der Waals surface area contributed by atoms with E-state index in [1.54, 1.807) is 0 Å². The molecule has 3 nitrogen and oxygen atoms in total. The Morgan fingerprint density at radius 3 is 2.94 bits per heavy atom. The van der Waals surface area contributed by atoms with Crippen LogP contribution in [0.1, 0.15) is 46.5 Å². The smallest absolute Gasteiger partial charge is 0.172 e. The molecule has 0 amide bonds. The van der Waals surface area contributed by atoms with E-state index >= 15 is 0 Å². The molecule has 0 aromatic carbocycles. The molecule has 0 spiro atoms. The van der Waals surface area contributed by atoms with Gasteiger partial charge in [-0.3, -0.25) is 4.79 Å². The van der Waals surface area contributed by atoms with Gasteiger partial charge < -0.3 is 10.1 Å². The predicted molar refractivity (Wildman–Crippen MR) is 69.5 cm³/mol. The lowest BCUT2D eigenvalue weighted by Crippen LogP contribution is -2.47. The van der Waals surface area contributed by atoms with Crippen LogP contribution in [0.25, 0.3) is 0 Å². The third-order valence-electron chi connectivity index (χ3n) is 4.23. The number of fused-ring (bicyclic) bond motifs is 1. The summed E-state index contributed by atoms with van der Waals surface area (Å²) in [5.41, 5.74) is 2.24. The number of ether oxygens (including phenoxy) is 1. The zero-order chi connectivity index (χ0) is 12.9. The topological polar surface area (TPSA) is 38.3 Å². The molecule has 0 radical (unpaired) electrons. The maximum absolute atomic E-state index is 12.2. The Morgan fingerprint density at radius 1 is 1.39 bits per heavy atom. The largest absolute Gasteiger partial charge is 0.475 e. The summed E-state index contributed by atoms with van der Waals surface area (Å²) in [5, 5.41) is 3.47. The number of Topliss-reactive ketones (excluding diaryl/α,β-unsaturated/α-hetero) is 1. The van der Waals surface area contributed by atoms with E-state index in [4.69, 9.17) is 4.74 Å². The SMILES string of the molecule is CC1=CCC2CC3=C(CC(C)(C)CC3=O)NC2O1. The van der Waals surface area contributed by atoms with Crippen molar-refractivity contribution in [3.05, 3.63) is 23.1 Å². The van der Waals surface area contributed by atoms with Gasteiger partial charge in [-0.05, 0) is 37.7 Å². The molecule has 0 saturated heterocycles. The number of carbonyl (C=O) groups excluding carboxylic acids is 1. The van der Waals surface area contributed by atoms with Crippen molar-refractivity contribution in [3.8, 4) is 0 Å². The normalized spacial score (nSPS) is 33.9. The third kappa shape index (κ3) is 1.96. The standard InChI is InChI=1S/C15H21NO2/c1-9-4-5-10-6-11-12(16-14(10)18-9)7-15(2,3)8-13(11)17/h4,10,14,16H,5-8H2,1-3H3. The van der Waals surface area contributed by atoms with E-state index < -0.39 is 0 Å². The van der Waals surface area contributed by atoms with Gasteiger partial charge in [0.15, 0.2) is 12.0 Å². The molecule has 3 heteroatoms. The Balaban J connectivity index is 1.87. The van der Waals surface area contributed by atoms with Crippen molar-refractivity contribution in [3.63, 3.8) is 0 Å². The number of allylic oxidation sites excluding steroid dienone is 4. The van der Waals surface area contributed by atoms with Crippen LogP contribution in [0.5, 0.6) is 0 Å². The zero-order valence-corrected chi connectivity index (χ0v) is 11.4. The van der Waals surface area contributed by atoms with E-state index in [0.717, 1.165) is 36.3 Å². The second-order valence-electron chi connectivity index (χ2n) is 6.60. The molecule has 0 aromatic rings. The molecule has 98 valence electrons. The first-order valence-corrected chi connectivity index (χ1v) is 6.80. The minimum absolute atomic E-state index is 0.0652. The quantitative estimate of drug-likeness (QED) is 0.715. The predicted octanol–water partition coefficient (Wildman–Crippen LogP) is 2.89. The number of hydrogen-bond donors (Lipinski definition) is 1. The van der Waals surface area contributed by atoms with Crippen LogP contribution in [0.3, 0.4) is 0 Å². The minimum Gasteiger partial charge on any atom is -0.475 e. The summed E-state index contributed by atoms with van der Waals surface area (Å²) < 4.78 is 5.85. The lowest BCUT2D eigenvalue weighted by molar-refractivity contribution is -0.119. The van der Waals surface area contributed by atoms with Gasteiger partial charge in [0.25, 0.3) is 0 Å². The van der Waals surface area contributed by atoms with Crippen molar-refractivity contribution < 1.29 is 9.53 Å². The summed E-state index contributed by atoms with van der Waals surface area (Å²) in [6.45, 7) is 6.32. The average molecular weight is 247 g/mol. The summed E-state index contributed by atoms with van der Waals surface area (Å²) in [6, 6.07) is 0. The van der Waals surface area contributed by atoms with Crippen molar-refractivity contribution in [1.29, 1.82) is 0 Å². The van der Waals surface area contributed by atoms with Gasteiger partial charge >= 0.3 is 0 Å². The highest BCUT2D eigenvalue weighted by Crippen LogP contribution is 2.42. The zero-order valence-electron chi connectivity index (χ0n) is 11.4. The number of carbonyl (C=O) groups is 1. The van der Waals surface area contributed by atoms with E-state index in [1.807, 2.05) is 6.92 Å². The van der Waals surface area contributed by atoms with Crippen LogP contribution in [-0.4, -0.2) is 12.0 Å². The molecule has 1 aliphatic carbocycles. The lowest BCUT2D eigenvalue weighted by Gasteiger charge is -2.42. The number of ketones is 1. The molecule has 0 fully saturated rings. The summed E-state index contributed by atoms with van der Waals surface area (Å²) in [7, 11) is 0. The molecular formula is C15H21NO2. The van der Waals surface area contributed by atoms with Gasteiger partial charge in [-0.2, -0.15) is 0 Å². The fourth-order valence-electron chi connectivity index (χ4n) is 3.29. The molecule has 18 heavy (non-hydrogen) atoms. The van der Waals surface area contributed by atoms with Crippen molar-refractivity contribution in [1.82, 2.24) is 5.32 Å². The van der Waals surface area contributed by atoms with Crippen molar-refractivity contribution in [2.24, 2.45) is 11.3 Å². The van der Waals surface area contributed by atoms with Crippen molar-refractivity contribution >= 4 is 5.78 Å². The van der Waals surface area contributed by atoms with Gasteiger partial charge in [0.1, 0.15) is 0 Å². The van der Waals surface area contributed by atoms with Crippen LogP contribution in [0.2, 0.25) is 0 Å². The first-order chi connectivity index (χ1) is 8.44. The first kappa shape index (κ1) is 11.8. The Bertz CT molecular complexity index is 459. The Hall–Kier alpha value is -1.25. The lowest BCUT2D eigenvalue weighted by atomic mass is 9.72. The number of nitrogens with one attached hydrogen (secondary N) is 1.